The van der Waals surface area contributed by atoms with E-state index in [2.05, 4.69) is 34.0 Å². The van der Waals surface area contributed by atoms with Gasteiger partial charge in [-0.15, -0.1) is 0 Å². The van der Waals surface area contributed by atoms with Gasteiger partial charge in [-0.3, -0.25) is 4.79 Å². The Morgan fingerprint density at radius 2 is 2.16 bits per heavy atom. The molecule has 1 amide bonds. The van der Waals surface area contributed by atoms with E-state index < -0.39 is 0 Å². The number of rotatable bonds is 3. The zero-order valence-electron chi connectivity index (χ0n) is 14.6. The van der Waals surface area contributed by atoms with Crippen LogP contribution in [-0.4, -0.2) is 53.4 Å². The topological polar surface area (TPSA) is 81.7 Å². The molecule has 0 aliphatic carbocycles. The molecule has 130 valence electrons. The summed E-state index contributed by atoms with van der Waals surface area (Å²) >= 11 is 0. The number of pyridine rings is 1. The van der Waals surface area contributed by atoms with E-state index in [-0.39, 0.29) is 18.0 Å². The number of carbonyl (C=O) groups is 1. The fourth-order valence-corrected chi connectivity index (χ4v) is 3.38. The Balaban J connectivity index is 1.61. The molecule has 1 fully saturated rings. The van der Waals surface area contributed by atoms with Gasteiger partial charge in [0.2, 0.25) is 0 Å². The fraction of sp³-hybridized carbons (Fsp3) is 0.471. The van der Waals surface area contributed by atoms with Crippen LogP contribution in [0.3, 0.4) is 0 Å². The first-order valence-corrected chi connectivity index (χ1v) is 8.53. The van der Waals surface area contributed by atoms with Crippen LogP contribution in [0.2, 0.25) is 0 Å². The maximum Gasteiger partial charge on any atom is 0.255 e. The average Bonchev–Trinajstić information content (AvgIpc) is 3.32. The van der Waals surface area contributed by atoms with Crippen LogP contribution < -0.4 is 0 Å². The Morgan fingerprint density at radius 1 is 1.32 bits per heavy atom. The molecule has 8 heteroatoms. The van der Waals surface area contributed by atoms with Crippen molar-refractivity contribution in [3.63, 3.8) is 0 Å². The second-order valence-corrected chi connectivity index (χ2v) is 6.79. The van der Waals surface area contributed by atoms with Gasteiger partial charge in [0.05, 0.1) is 23.5 Å². The van der Waals surface area contributed by atoms with Crippen LogP contribution in [-0.2, 0) is 0 Å². The van der Waals surface area contributed by atoms with E-state index in [0.29, 0.717) is 18.7 Å². The predicted octanol–water partition coefficient (Wildman–Crippen LogP) is 2.00. The van der Waals surface area contributed by atoms with Crippen molar-refractivity contribution in [2.45, 2.75) is 39.3 Å². The van der Waals surface area contributed by atoms with E-state index in [0.717, 1.165) is 23.1 Å². The highest BCUT2D eigenvalue weighted by atomic mass is 16.2. The molecule has 1 atom stereocenters. The lowest BCUT2D eigenvalue weighted by atomic mass is 10.1. The number of hydrogen-bond acceptors (Lipinski definition) is 5. The molecule has 0 N–H and O–H groups in total. The molecule has 8 nitrogen and oxygen atoms in total. The van der Waals surface area contributed by atoms with Crippen LogP contribution in [0.25, 0.3) is 11.0 Å². The molecule has 1 aliphatic heterocycles. The highest BCUT2D eigenvalue weighted by Crippen LogP contribution is 2.25. The van der Waals surface area contributed by atoms with E-state index in [9.17, 15) is 4.79 Å². The van der Waals surface area contributed by atoms with Crippen molar-refractivity contribution in [2.24, 2.45) is 0 Å². The van der Waals surface area contributed by atoms with Gasteiger partial charge in [0, 0.05) is 24.5 Å². The Labute approximate surface area is 145 Å². The van der Waals surface area contributed by atoms with E-state index >= 15 is 0 Å². The van der Waals surface area contributed by atoms with Crippen molar-refractivity contribution in [2.75, 3.05) is 13.1 Å². The second-order valence-electron chi connectivity index (χ2n) is 6.79. The van der Waals surface area contributed by atoms with Gasteiger partial charge in [0.15, 0.2) is 5.65 Å². The zero-order chi connectivity index (χ0) is 17.6. The summed E-state index contributed by atoms with van der Waals surface area (Å²) in [7, 11) is 0. The molecule has 25 heavy (non-hydrogen) atoms. The minimum atomic E-state index is 0.0202. The lowest BCUT2D eigenvalue weighted by Gasteiger charge is -2.18. The quantitative estimate of drug-likeness (QED) is 0.729. The van der Waals surface area contributed by atoms with E-state index in [1.54, 1.807) is 12.5 Å². The molecular formula is C17H21N7O. The Morgan fingerprint density at radius 3 is 2.88 bits per heavy atom. The monoisotopic (exact) mass is 339 g/mol. The van der Waals surface area contributed by atoms with Gasteiger partial charge in [-0.2, -0.15) is 10.2 Å². The molecule has 0 spiro atoms. The molecule has 3 aromatic heterocycles. The molecular weight excluding hydrogens is 318 g/mol. The van der Waals surface area contributed by atoms with Gasteiger partial charge in [0.25, 0.3) is 5.91 Å². The van der Waals surface area contributed by atoms with Gasteiger partial charge >= 0.3 is 0 Å². The number of carbonyl (C=O) groups excluding carboxylic acids is 1. The SMILES string of the molecule is Cc1nc2c(cnn2C(C)C)cc1C(=O)N1CCC(n2cncn2)C1. The summed E-state index contributed by atoms with van der Waals surface area (Å²) in [4.78, 5) is 23.5. The number of fused-ring (bicyclic) bond motifs is 1. The number of aromatic nitrogens is 6. The van der Waals surface area contributed by atoms with Crippen LogP contribution >= 0.6 is 0 Å². The van der Waals surface area contributed by atoms with Crippen molar-refractivity contribution in [1.29, 1.82) is 0 Å². The third-order valence-electron chi connectivity index (χ3n) is 4.74. The standard InChI is InChI=1S/C17H21N7O/c1-11(2)24-16-13(7-19-24)6-15(12(3)21-16)17(25)22-5-4-14(8-22)23-10-18-9-20-23/h6-7,9-11,14H,4-5,8H2,1-3H3. The minimum Gasteiger partial charge on any atom is -0.336 e. The smallest absolute Gasteiger partial charge is 0.255 e. The molecule has 0 saturated carbocycles. The molecule has 0 aromatic carbocycles. The number of aryl methyl sites for hydroxylation is 1. The highest BCUT2D eigenvalue weighted by Gasteiger charge is 2.29. The molecule has 1 saturated heterocycles. The van der Waals surface area contributed by atoms with E-state index in [1.165, 1.54) is 6.33 Å². The number of likely N-dealkylation sites (tertiary alicyclic amines) is 1. The van der Waals surface area contributed by atoms with Crippen LogP contribution in [0.15, 0.2) is 24.9 Å². The van der Waals surface area contributed by atoms with E-state index in [1.807, 2.05) is 27.3 Å². The second kappa shape index (κ2) is 5.94. The van der Waals surface area contributed by atoms with Crippen LogP contribution in [0.1, 0.15) is 48.4 Å². The van der Waals surface area contributed by atoms with Gasteiger partial charge in [0.1, 0.15) is 12.7 Å². The van der Waals surface area contributed by atoms with Crippen LogP contribution in [0, 0.1) is 6.92 Å². The Hall–Kier alpha value is -2.77. The summed E-state index contributed by atoms with van der Waals surface area (Å²) < 4.78 is 3.71. The van der Waals surface area contributed by atoms with Crippen LogP contribution in [0.5, 0.6) is 0 Å². The summed E-state index contributed by atoms with van der Waals surface area (Å²) in [6.45, 7) is 7.38. The van der Waals surface area contributed by atoms with Gasteiger partial charge < -0.3 is 4.90 Å². The number of nitrogens with zero attached hydrogens (tertiary/aromatic N) is 7. The third-order valence-corrected chi connectivity index (χ3v) is 4.74. The minimum absolute atomic E-state index is 0.0202. The molecule has 0 bridgehead atoms. The number of amides is 1. The molecule has 1 aliphatic rings. The summed E-state index contributed by atoms with van der Waals surface area (Å²) in [5, 5.41) is 9.47. The highest BCUT2D eigenvalue weighted by molar-refractivity contribution is 5.98. The van der Waals surface area contributed by atoms with Crippen molar-refractivity contribution >= 4 is 16.9 Å². The lowest BCUT2D eigenvalue weighted by molar-refractivity contribution is 0.0786. The Bertz CT molecular complexity index is 913. The number of hydrogen-bond donors (Lipinski definition) is 0. The first-order chi connectivity index (χ1) is 12.0. The van der Waals surface area contributed by atoms with Gasteiger partial charge in [-0.25, -0.2) is 19.3 Å². The van der Waals surface area contributed by atoms with Crippen molar-refractivity contribution in [3.8, 4) is 0 Å². The maximum absolute atomic E-state index is 13.0. The molecule has 1 unspecified atom stereocenters. The normalized spacial score (nSPS) is 17.8. The summed E-state index contributed by atoms with van der Waals surface area (Å²) in [5.41, 5.74) is 2.21. The maximum atomic E-state index is 13.0. The predicted molar refractivity (Wildman–Crippen MR) is 92.2 cm³/mol. The first kappa shape index (κ1) is 15.7. The van der Waals surface area contributed by atoms with Gasteiger partial charge in [-0.1, -0.05) is 0 Å². The fourth-order valence-electron chi connectivity index (χ4n) is 3.38. The first-order valence-electron chi connectivity index (χ1n) is 8.53. The summed E-state index contributed by atoms with van der Waals surface area (Å²) in [6, 6.07) is 2.33. The molecule has 4 rings (SSSR count). The third kappa shape index (κ3) is 2.67. The van der Waals surface area contributed by atoms with Crippen molar-refractivity contribution < 1.29 is 4.79 Å². The van der Waals surface area contributed by atoms with Crippen molar-refractivity contribution in [1.82, 2.24) is 34.4 Å². The van der Waals surface area contributed by atoms with Crippen LogP contribution in [0.4, 0.5) is 0 Å². The molecule has 3 aromatic rings. The summed E-state index contributed by atoms with van der Waals surface area (Å²) in [6.07, 6.45) is 5.90. The Kier molecular flexibility index (Phi) is 3.74. The average molecular weight is 339 g/mol. The molecule has 0 radical (unpaired) electrons. The largest absolute Gasteiger partial charge is 0.336 e. The summed E-state index contributed by atoms with van der Waals surface area (Å²) in [5.74, 6) is 0.0202. The zero-order valence-corrected chi connectivity index (χ0v) is 14.6. The van der Waals surface area contributed by atoms with Gasteiger partial charge in [-0.05, 0) is 33.3 Å². The van der Waals surface area contributed by atoms with E-state index in [4.69, 9.17) is 0 Å². The molecule has 4 heterocycles. The van der Waals surface area contributed by atoms with Crippen molar-refractivity contribution in [3.05, 3.63) is 36.2 Å². The lowest BCUT2D eigenvalue weighted by Crippen LogP contribution is -2.30.